The number of allylic oxidation sites excluding steroid dienone is 5. The summed E-state index contributed by atoms with van der Waals surface area (Å²) in [7, 11) is 0. The molecule has 0 N–H and O–H groups in total. The van der Waals surface area contributed by atoms with Crippen molar-refractivity contribution in [3.05, 3.63) is 35.4 Å². The molecule has 1 aliphatic carbocycles. The third-order valence-corrected chi connectivity index (χ3v) is 1.90. The molecule has 1 nitrogen and oxygen atoms in total. The van der Waals surface area contributed by atoms with Crippen LogP contribution in [0.2, 0.25) is 0 Å². The first-order valence-corrected chi connectivity index (χ1v) is 4.53. The summed E-state index contributed by atoms with van der Waals surface area (Å²) < 4.78 is 18.6. The second-order valence-electron chi connectivity index (χ2n) is 3.21. The molecule has 0 fully saturated rings. The van der Waals surface area contributed by atoms with Crippen molar-refractivity contribution < 1.29 is 9.13 Å². The molecule has 0 heterocycles. The molecule has 0 radical (unpaired) electrons. The first-order valence-electron chi connectivity index (χ1n) is 4.53. The number of halogens is 1. The molecule has 2 heteroatoms. The van der Waals surface area contributed by atoms with E-state index in [-0.39, 0.29) is 11.7 Å². The smallest absolute Gasteiger partial charge is 0.116 e. The van der Waals surface area contributed by atoms with Gasteiger partial charge in [-0.2, -0.15) is 0 Å². The number of hydrogen-bond donors (Lipinski definition) is 0. The highest BCUT2D eigenvalue weighted by molar-refractivity contribution is 5.32. The number of rotatable bonds is 2. The highest BCUT2D eigenvalue weighted by Crippen LogP contribution is 2.22. The fourth-order valence-electron chi connectivity index (χ4n) is 1.25. The predicted octanol–water partition coefficient (Wildman–Crippen LogP) is 3.36. The summed E-state index contributed by atoms with van der Waals surface area (Å²) in [6.07, 6.45) is 5.20. The van der Waals surface area contributed by atoms with Crippen LogP contribution in [-0.4, -0.2) is 6.61 Å². The van der Waals surface area contributed by atoms with Gasteiger partial charge in [-0.05, 0) is 37.6 Å². The Bertz CT molecular complexity index is 274. The van der Waals surface area contributed by atoms with E-state index in [9.17, 15) is 4.39 Å². The van der Waals surface area contributed by atoms with E-state index in [0.29, 0.717) is 6.61 Å². The molecule has 0 aromatic carbocycles. The Morgan fingerprint density at radius 2 is 2.15 bits per heavy atom. The Morgan fingerprint density at radius 3 is 2.77 bits per heavy atom. The molecule has 0 aromatic rings. The lowest BCUT2D eigenvalue weighted by atomic mass is 10.1. The third kappa shape index (κ3) is 2.72. The van der Waals surface area contributed by atoms with Crippen molar-refractivity contribution in [3.8, 4) is 0 Å². The molecule has 0 bridgehead atoms. The van der Waals surface area contributed by atoms with Crippen LogP contribution in [0.5, 0.6) is 0 Å². The van der Waals surface area contributed by atoms with Crippen LogP contribution < -0.4 is 0 Å². The van der Waals surface area contributed by atoms with E-state index < -0.39 is 0 Å². The van der Waals surface area contributed by atoms with Gasteiger partial charge < -0.3 is 4.74 Å². The highest BCUT2D eigenvalue weighted by Gasteiger charge is 2.10. The summed E-state index contributed by atoms with van der Waals surface area (Å²) >= 11 is 0. The minimum atomic E-state index is -0.185. The van der Waals surface area contributed by atoms with E-state index in [1.54, 1.807) is 12.2 Å². The predicted molar refractivity (Wildman–Crippen MR) is 51.8 cm³/mol. The molecule has 0 saturated heterocycles. The normalized spacial score (nSPS) is 22.8. The van der Waals surface area contributed by atoms with E-state index in [4.69, 9.17) is 4.74 Å². The van der Waals surface area contributed by atoms with Crippen LogP contribution in [0.4, 0.5) is 4.39 Å². The molecule has 1 atom stereocenters. The van der Waals surface area contributed by atoms with E-state index >= 15 is 0 Å². The zero-order valence-electron chi connectivity index (χ0n) is 8.30. The van der Waals surface area contributed by atoms with Gasteiger partial charge >= 0.3 is 0 Å². The standard InChI is InChI=1S/C11H15FO/c1-4-13-10-5-8(2)6-11(12)9(3)7-10/h5-7,9H,4H2,1-3H3/t9-/m0/s1. The molecule has 13 heavy (non-hydrogen) atoms. The molecule has 0 aliphatic heterocycles. The van der Waals surface area contributed by atoms with Gasteiger partial charge in [0.1, 0.15) is 11.6 Å². The van der Waals surface area contributed by atoms with Crippen molar-refractivity contribution in [2.45, 2.75) is 20.8 Å². The lowest BCUT2D eigenvalue weighted by Crippen LogP contribution is -1.93. The van der Waals surface area contributed by atoms with Gasteiger partial charge in [0.15, 0.2) is 0 Å². The maximum atomic E-state index is 13.2. The summed E-state index contributed by atoms with van der Waals surface area (Å²) in [5.41, 5.74) is 0.890. The number of ether oxygens (including phenoxy) is 1. The minimum Gasteiger partial charge on any atom is -0.494 e. The van der Waals surface area contributed by atoms with Gasteiger partial charge in [-0.1, -0.05) is 6.92 Å². The highest BCUT2D eigenvalue weighted by atomic mass is 19.1. The molecule has 0 amide bonds. The quantitative estimate of drug-likeness (QED) is 0.636. The van der Waals surface area contributed by atoms with Crippen LogP contribution in [0, 0.1) is 5.92 Å². The minimum absolute atomic E-state index is 0.108. The third-order valence-electron chi connectivity index (χ3n) is 1.90. The van der Waals surface area contributed by atoms with Crippen LogP contribution >= 0.6 is 0 Å². The largest absolute Gasteiger partial charge is 0.494 e. The maximum Gasteiger partial charge on any atom is 0.116 e. The first kappa shape index (κ1) is 10.0. The van der Waals surface area contributed by atoms with Gasteiger partial charge in [0.25, 0.3) is 0 Å². The average Bonchev–Trinajstić information content (AvgIpc) is 2.13. The molecule has 0 spiro atoms. The van der Waals surface area contributed by atoms with Crippen molar-refractivity contribution in [1.82, 2.24) is 0 Å². The second kappa shape index (κ2) is 4.26. The fraction of sp³-hybridized carbons (Fsp3) is 0.455. The van der Waals surface area contributed by atoms with Crippen molar-refractivity contribution in [2.75, 3.05) is 6.61 Å². The van der Waals surface area contributed by atoms with Gasteiger partial charge in [0.2, 0.25) is 0 Å². The van der Waals surface area contributed by atoms with Gasteiger partial charge in [-0.15, -0.1) is 0 Å². The van der Waals surface area contributed by atoms with Crippen LogP contribution in [-0.2, 0) is 4.74 Å². The van der Waals surface area contributed by atoms with Gasteiger partial charge in [0, 0.05) is 5.92 Å². The summed E-state index contributed by atoms with van der Waals surface area (Å²) in [5.74, 6) is 0.468. The first-order chi connectivity index (χ1) is 6.13. The Balaban J connectivity index is 2.89. The molecular weight excluding hydrogens is 167 g/mol. The summed E-state index contributed by atoms with van der Waals surface area (Å²) in [6, 6.07) is 0. The van der Waals surface area contributed by atoms with Crippen molar-refractivity contribution in [2.24, 2.45) is 5.92 Å². The van der Waals surface area contributed by atoms with E-state index in [2.05, 4.69) is 0 Å². The van der Waals surface area contributed by atoms with Crippen molar-refractivity contribution >= 4 is 0 Å². The summed E-state index contributed by atoms with van der Waals surface area (Å²) in [4.78, 5) is 0. The maximum absolute atomic E-state index is 13.2. The summed E-state index contributed by atoms with van der Waals surface area (Å²) in [6.45, 7) is 6.22. The van der Waals surface area contributed by atoms with Crippen molar-refractivity contribution in [1.29, 1.82) is 0 Å². The Morgan fingerprint density at radius 1 is 1.46 bits per heavy atom. The Kier molecular flexibility index (Phi) is 3.29. The molecule has 1 aliphatic rings. The van der Waals surface area contributed by atoms with Crippen molar-refractivity contribution in [3.63, 3.8) is 0 Å². The van der Waals surface area contributed by atoms with Crippen LogP contribution in [0.1, 0.15) is 20.8 Å². The van der Waals surface area contributed by atoms with E-state index in [0.717, 1.165) is 11.3 Å². The lowest BCUT2D eigenvalue weighted by molar-refractivity contribution is 0.240. The molecule has 72 valence electrons. The Hall–Kier alpha value is -1.05. The van der Waals surface area contributed by atoms with Crippen LogP contribution in [0.3, 0.4) is 0 Å². The summed E-state index contributed by atoms with van der Waals surface area (Å²) in [5, 5.41) is 0. The van der Waals surface area contributed by atoms with E-state index in [1.165, 1.54) is 0 Å². The van der Waals surface area contributed by atoms with Gasteiger partial charge in [-0.3, -0.25) is 0 Å². The lowest BCUT2D eigenvalue weighted by Gasteiger charge is -2.05. The number of hydrogen-bond acceptors (Lipinski definition) is 1. The SMILES string of the molecule is CCOC1=C[C@H](C)C(F)=CC(C)=C1. The molecular formula is C11H15FO. The molecule has 0 unspecified atom stereocenters. The topological polar surface area (TPSA) is 9.23 Å². The van der Waals surface area contributed by atoms with Gasteiger partial charge in [0.05, 0.1) is 6.61 Å². The van der Waals surface area contributed by atoms with Crippen LogP contribution in [0.25, 0.3) is 0 Å². The zero-order valence-corrected chi connectivity index (χ0v) is 8.30. The van der Waals surface area contributed by atoms with E-state index in [1.807, 2.05) is 26.8 Å². The fourth-order valence-corrected chi connectivity index (χ4v) is 1.25. The monoisotopic (exact) mass is 182 g/mol. The molecule has 1 rings (SSSR count). The zero-order chi connectivity index (χ0) is 9.84. The molecule has 0 saturated carbocycles. The van der Waals surface area contributed by atoms with Gasteiger partial charge in [-0.25, -0.2) is 4.39 Å². The molecule has 0 aromatic heterocycles. The van der Waals surface area contributed by atoms with Crippen LogP contribution in [0.15, 0.2) is 35.4 Å². The average molecular weight is 182 g/mol. The Labute approximate surface area is 78.6 Å². The second-order valence-corrected chi connectivity index (χ2v) is 3.21.